The number of benzene rings is 2. The molecule has 0 spiro atoms. The first-order chi connectivity index (χ1) is 16.1. The predicted molar refractivity (Wildman–Crippen MR) is 126 cm³/mol. The van der Waals surface area contributed by atoms with Gasteiger partial charge in [-0.25, -0.2) is 24.8 Å². The van der Waals surface area contributed by atoms with Crippen molar-refractivity contribution in [1.29, 1.82) is 0 Å². The van der Waals surface area contributed by atoms with Crippen molar-refractivity contribution in [3.63, 3.8) is 0 Å². The summed E-state index contributed by atoms with van der Waals surface area (Å²) in [5.74, 6) is 0. The van der Waals surface area contributed by atoms with Crippen LogP contribution in [0.3, 0.4) is 0 Å². The third-order valence-corrected chi connectivity index (χ3v) is 8.76. The fourth-order valence-corrected chi connectivity index (χ4v) is 6.14. The maximum atomic E-state index is 13.1. The summed E-state index contributed by atoms with van der Waals surface area (Å²) in [6.07, 6.45) is 3.25. The molecule has 2 heterocycles. The van der Waals surface area contributed by atoms with Gasteiger partial charge in [-0.1, -0.05) is 35.4 Å². The molecule has 8 nitrogen and oxygen atoms in total. The lowest BCUT2D eigenvalue weighted by Crippen LogP contribution is -2.14. The number of aryl methyl sites for hydroxylation is 2. The summed E-state index contributed by atoms with van der Waals surface area (Å²) in [4.78, 5) is 23.3. The van der Waals surface area contributed by atoms with Crippen molar-refractivity contribution in [2.45, 2.75) is 23.6 Å². The third kappa shape index (κ3) is 4.02. The highest BCUT2D eigenvalue weighted by molar-refractivity contribution is 7.90. The van der Waals surface area contributed by atoms with Gasteiger partial charge in [-0.3, -0.25) is 9.59 Å². The van der Waals surface area contributed by atoms with Crippen LogP contribution in [0.4, 0.5) is 0 Å². The zero-order valence-electron chi connectivity index (χ0n) is 18.2. The predicted octanol–water partition coefficient (Wildman–Crippen LogP) is 3.67. The zero-order chi connectivity index (χ0) is 24.7. The van der Waals surface area contributed by atoms with Gasteiger partial charge in [-0.2, -0.15) is 0 Å². The number of aldehydes is 2. The summed E-state index contributed by atoms with van der Waals surface area (Å²) in [6, 6.07) is 15.0. The number of carbonyl (C=O) groups is 2. The van der Waals surface area contributed by atoms with Crippen LogP contribution in [0.5, 0.6) is 0 Å². The van der Waals surface area contributed by atoms with Gasteiger partial charge in [-0.05, 0) is 50.2 Å². The Balaban J connectivity index is 1.82. The van der Waals surface area contributed by atoms with Crippen molar-refractivity contribution < 1.29 is 26.4 Å². The van der Waals surface area contributed by atoms with E-state index < -0.39 is 20.0 Å². The van der Waals surface area contributed by atoms with E-state index in [2.05, 4.69) is 0 Å². The van der Waals surface area contributed by atoms with E-state index in [1.54, 1.807) is 24.3 Å². The Morgan fingerprint density at radius 2 is 0.912 bits per heavy atom. The Morgan fingerprint density at radius 3 is 1.21 bits per heavy atom. The monoisotopic (exact) mass is 496 g/mol. The number of nitrogens with zero attached hydrogens (tertiary/aromatic N) is 2. The van der Waals surface area contributed by atoms with Crippen LogP contribution in [0.25, 0.3) is 11.1 Å². The Morgan fingerprint density at radius 1 is 0.588 bits per heavy atom. The van der Waals surface area contributed by atoms with Crippen molar-refractivity contribution in [2.75, 3.05) is 0 Å². The summed E-state index contributed by atoms with van der Waals surface area (Å²) >= 11 is 0. The summed E-state index contributed by atoms with van der Waals surface area (Å²) in [7, 11) is -8.16. The second-order valence-corrected chi connectivity index (χ2v) is 11.4. The molecular weight excluding hydrogens is 476 g/mol. The van der Waals surface area contributed by atoms with Gasteiger partial charge >= 0.3 is 0 Å². The van der Waals surface area contributed by atoms with E-state index in [0.717, 1.165) is 19.1 Å². The average Bonchev–Trinajstić information content (AvgIpc) is 3.45. The highest BCUT2D eigenvalue weighted by atomic mass is 32.2. The molecule has 0 fully saturated rings. The maximum absolute atomic E-state index is 13.1. The van der Waals surface area contributed by atoms with Gasteiger partial charge in [-0.15, -0.1) is 0 Å². The summed E-state index contributed by atoms with van der Waals surface area (Å²) < 4.78 is 54.1. The lowest BCUT2D eigenvalue weighted by atomic mass is 10.2. The average molecular weight is 497 g/mol. The Labute approximate surface area is 197 Å². The lowest BCUT2D eigenvalue weighted by Gasteiger charge is -2.08. The fraction of sp³-hybridized carbons (Fsp3) is 0.0833. The maximum Gasteiger partial charge on any atom is 0.268 e. The van der Waals surface area contributed by atoms with Gasteiger partial charge in [0, 0.05) is 23.5 Å². The van der Waals surface area contributed by atoms with Crippen molar-refractivity contribution >= 4 is 32.6 Å². The van der Waals surface area contributed by atoms with Gasteiger partial charge in [0.1, 0.15) is 0 Å². The Bertz CT molecular complexity index is 1490. The topological polar surface area (TPSA) is 112 Å². The zero-order valence-corrected chi connectivity index (χ0v) is 19.9. The third-order valence-electron chi connectivity index (χ3n) is 5.36. The lowest BCUT2D eigenvalue weighted by molar-refractivity contribution is 0.111. The second kappa shape index (κ2) is 8.54. The molecule has 2 aromatic heterocycles. The van der Waals surface area contributed by atoms with E-state index >= 15 is 0 Å². The molecule has 0 atom stereocenters. The number of carbonyl (C=O) groups excluding carboxylic acids is 2. The van der Waals surface area contributed by atoms with E-state index in [4.69, 9.17) is 0 Å². The molecule has 0 saturated heterocycles. The molecule has 4 rings (SSSR count). The second-order valence-electron chi connectivity index (χ2n) is 7.77. The van der Waals surface area contributed by atoms with E-state index in [9.17, 15) is 26.4 Å². The number of hydrogen-bond donors (Lipinski definition) is 0. The molecule has 10 heteroatoms. The normalized spacial score (nSPS) is 11.9. The number of rotatable bonds is 7. The molecule has 0 aliphatic carbocycles. The molecule has 34 heavy (non-hydrogen) atoms. The molecule has 0 amide bonds. The van der Waals surface area contributed by atoms with Crippen molar-refractivity contribution in [3.05, 3.63) is 95.6 Å². The van der Waals surface area contributed by atoms with Gasteiger partial charge in [0.05, 0.1) is 21.2 Å². The van der Waals surface area contributed by atoms with Crippen LogP contribution in [-0.2, 0) is 20.0 Å². The molecule has 0 radical (unpaired) electrons. The molecule has 0 aliphatic heterocycles. The summed E-state index contributed by atoms with van der Waals surface area (Å²) in [5, 5.41) is 0. The van der Waals surface area contributed by atoms with Crippen LogP contribution in [-0.4, -0.2) is 37.4 Å². The van der Waals surface area contributed by atoms with E-state index in [0.29, 0.717) is 12.6 Å². The van der Waals surface area contributed by atoms with E-state index in [1.807, 2.05) is 13.8 Å². The standard InChI is InChI=1S/C24H20N2O6S2/c1-17-3-7-23(8-4-17)33(29,30)25-13-19(11-21(25)15-27)20-12-22(16-28)26(14-20)34(31,32)24-9-5-18(2)6-10-24/h3-16H,1-2H3. The van der Waals surface area contributed by atoms with Crippen LogP contribution in [0.1, 0.15) is 32.1 Å². The highest BCUT2D eigenvalue weighted by Gasteiger charge is 2.24. The van der Waals surface area contributed by atoms with Crippen LogP contribution in [0.15, 0.2) is 82.8 Å². The number of aromatic nitrogens is 2. The Hall–Kier alpha value is -3.76. The molecule has 0 aliphatic rings. The molecule has 174 valence electrons. The highest BCUT2D eigenvalue weighted by Crippen LogP contribution is 2.29. The molecule has 0 N–H and O–H groups in total. The Kier molecular flexibility index (Phi) is 5.88. The van der Waals surface area contributed by atoms with Gasteiger partial charge in [0.2, 0.25) is 0 Å². The van der Waals surface area contributed by atoms with Gasteiger partial charge in [0.15, 0.2) is 12.6 Å². The SMILES string of the molecule is Cc1ccc(S(=O)(=O)n2cc(-c3cc(C=O)n(S(=O)(=O)c4ccc(C)cc4)c3)cc2C=O)cc1. The number of hydrogen-bond acceptors (Lipinski definition) is 6. The quantitative estimate of drug-likeness (QED) is 0.361. The largest absolute Gasteiger partial charge is 0.296 e. The van der Waals surface area contributed by atoms with Crippen molar-refractivity contribution in [1.82, 2.24) is 7.94 Å². The van der Waals surface area contributed by atoms with Crippen LogP contribution < -0.4 is 0 Å². The first-order valence-electron chi connectivity index (χ1n) is 10.1. The van der Waals surface area contributed by atoms with Crippen molar-refractivity contribution in [3.8, 4) is 11.1 Å². The van der Waals surface area contributed by atoms with Gasteiger partial charge in [0.25, 0.3) is 20.0 Å². The van der Waals surface area contributed by atoms with Crippen LogP contribution in [0, 0.1) is 13.8 Å². The van der Waals surface area contributed by atoms with Gasteiger partial charge < -0.3 is 0 Å². The summed E-state index contributed by atoms with van der Waals surface area (Å²) in [5.41, 5.74) is 1.99. The fourth-order valence-electron chi connectivity index (χ4n) is 3.47. The molecular formula is C24H20N2O6S2. The molecule has 2 aromatic carbocycles. The van der Waals surface area contributed by atoms with Crippen LogP contribution in [0.2, 0.25) is 0 Å². The first kappa shape index (κ1) is 23.4. The van der Waals surface area contributed by atoms with Crippen LogP contribution >= 0.6 is 0 Å². The minimum absolute atomic E-state index is 0.00329. The molecule has 0 bridgehead atoms. The first-order valence-corrected chi connectivity index (χ1v) is 13.0. The summed E-state index contributed by atoms with van der Waals surface area (Å²) in [6.45, 7) is 3.64. The minimum atomic E-state index is -4.08. The molecule has 0 unspecified atom stereocenters. The smallest absolute Gasteiger partial charge is 0.268 e. The van der Waals surface area contributed by atoms with Crippen molar-refractivity contribution in [2.24, 2.45) is 0 Å². The van der Waals surface area contributed by atoms with E-state index in [-0.39, 0.29) is 32.3 Å². The van der Waals surface area contributed by atoms with E-state index in [1.165, 1.54) is 48.8 Å². The minimum Gasteiger partial charge on any atom is -0.296 e. The molecule has 4 aromatic rings. The molecule has 0 saturated carbocycles.